The van der Waals surface area contributed by atoms with Crippen molar-refractivity contribution >= 4 is 42.2 Å². The molecule has 2 N–H and O–H groups in total. The van der Waals surface area contributed by atoms with Crippen molar-refractivity contribution < 1.29 is 9.18 Å². The number of pyridine rings is 1. The molecule has 2 atom stereocenters. The van der Waals surface area contributed by atoms with Gasteiger partial charge >= 0.3 is 0 Å². The minimum Gasteiger partial charge on any atom is -0.337 e. The van der Waals surface area contributed by atoms with Crippen LogP contribution < -0.4 is 10.6 Å². The number of para-hydroxylation sites is 1. The lowest BCUT2D eigenvalue weighted by molar-refractivity contribution is 0.0681. The van der Waals surface area contributed by atoms with Gasteiger partial charge in [-0.2, -0.15) is 0 Å². The van der Waals surface area contributed by atoms with Crippen LogP contribution in [0.4, 0.5) is 15.9 Å². The molecule has 0 radical (unpaired) electrons. The zero-order chi connectivity index (χ0) is 17.2. The van der Waals surface area contributed by atoms with Gasteiger partial charge in [0, 0.05) is 24.8 Å². The first-order chi connectivity index (χ1) is 12.2. The highest BCUT2D eigenvalue weighted by Crippen LogP contribution is 2.31. The van der Waals surface area contributed by atoms with Gasteiger partial charge in [0.25, 0.3) is 5.91 Å². The van der Waals surface area contributed by atoms with Crippen molar-refractivity contribution in [2.24, 2.45) is 0 Å². The van der Waals surface area contributed by atoms with Crippen LogP contribution in [-0.2, 0) is 0 Å². The number of rotatable bonds is 3. The standard InChI is InChI=1S/C19H21FN4O.2ClH/c20-16-5-1-2-6-17(16)23-18-15(4-3-10-22-18)19(25)24-13-7-8-14(24)12-21-11-9-13;;/h1-6,10,13-14,21H,7-9,11-12H2,(H,22,23);2*1H. The van der Waals surface area contributed by atoms with E-state index in [1.165, 1.54) is 6.07 Å². The minimum atomic E-state index is -0.370. The lowest BCUT2D eigenvalue weighted by atomic mass is 10.1. The predicted octanol–water partition coefficient (Wildman–Crippen LogP) is 3.77. The topological polar surface area (TPSA) is 57.3 Å². The summed E-state index contributed by atoms with van der Waals surface area (Å²) in [7, 11) is 0. The first-order valence-corrected chi connectivity index (χ1v) is 8.74. The normalized spacial score (nSPS) is 20.9. The van der Waals surface area contributed by atoms with Crippen LogP contribution in [-0.4, -0.2) is 41.0 Å². The van der Waals surface area contributed by atoms with Crippen molar-refractivity contribution in [2.75, 3.05) is 18.4 Å². The second-order valence-corrected chi connectivity index (χ2v) is 6.59. The molecule has 1 aromatic carbocycles. The predicted molar refractivity (Wildman–Crippen MR) is 109 cm³/mol. The summed E-state index contributed by atoms with van der Waals surface area (Å²) in [5.74, 6) is 0.00272. The van der Waals surface area contributed by atoms with Gasteiger partial charge in [0.1, 0.15) is 11.6 Å². The maximum Gasteiger partial charge on any atom is 0.258 e. The SMILES string of the molecule is Cl.Cl.O=C(c1cccnc1Nc1ccccc1F)N1C2CCNCC1CC2. The zero-order valence-electron chi connectivity index (χ0n) is 14.7. The average molecular weight is 413 g/mol. The fourth-order valence-electron chi connectivity index (χ4n) is 3.82. The molecule has 2 saturated heterocycles. The Hall–Kier alpha value is -1.89. The first-order valence-electron chi connectivity index (χ1n) is 8.74. The van der Waals surface area contributed by atoms with Gasteiger partial charge in [-0.3, -0.25) is 4.79 Å². The Morgan fingerprint density at radius 1 is 1.11 bits per heavy atom. The van der Waals surface area contributed by atoms with E-state index in [1.54, 1.807) is 36.5 Å². The lowest BCUT2D eigenvalue weighted by Crippen LogP contribution is -2.42. The van der Waals surface area contributed by atoms with Crippen molar-refractivity contribution in [3.63, 3.8) is 0 Å². The third-order valence-corrected chi connectivity index (χ3v) is 5.05. The molecule has 8 heteroatoms. The number of nitrogens with one attached hydrogen (secondary N) is 2. The average Bonchev–Trinajstić information content (AvgIpc) is 2.89. The molecule has 2 aliphatic rings. The van der Waals surface area contributed by atoms with E-state index in [1.807, 2.05) is 4.90 Å². The molecule has 0 aliphatic carbocycles. The molecule has 0 spiro atoms. The Bertz CT molecular complexity index is 778. The molecule has 146 valence electrons. The Morgan fingerprint density at radius 3 is 2.70 bits per heavy atom. The summed E-state index contributed by atoms with van der Waals surface area (Å²) in [6.45, 7) is 1.77. The van der Waals surface area contributed by atoms with Gasteiger partial charge < -0.3 is 15.5 Å². The maximum absolute atomic E-state index is 14.0. The Labute approximate surface area is 170 Å². The van der Waals surface area contributed by atoms with Gasteiger partial charge in [-0.15, -0.1) is 24.8 Å². The van der Waals surface area contributed by atoms with Crippen LogP contribution in [0.15, 0.2) is 42.6 Å². The molecule has 1 amide bonds. The van der Waals surface area contributed by atoms with Gasteiger partial charge in [0.15, 0.2) is 0 Å². The van der Waals surface area contributed by atoms with E-state index in [0.29, 0.717) is 17.1 Å². The lowest BCUT2D eigenvalue weighted by Gasteiger charge is -2.28. The van der Waals surface area contributed by atoms with Crippen molar-refractivity contribution in [1.82, 2.24) is 15.2 Å². The highest BCUT2D eigenvalue weighted by Gasteiger charge is 2.39. The fourth-order valence-corrected chi connectivity index (χ4v) is 3.82. The number of amides is 1. The van der Waals surface area contributed by atoms with Gasteiger partial charge in [-0.25, -0.2) is 9.37 Å². The third kappa shape index (κ3) is 4.34. The van der Waals surface area contributed by atoms with E-state index in [4.69, 9.17) is 0 Å². The van der Waals surface area contributed by atoms with E-state index in [2.05, 4.69) is 15.6 Å². The highest BCUT2D eigenvalue weighted by molar-refractivity contribution is 6.00. The van der Waals surface area contributed by atoms with Crippen LogP contribution in [0, 0.1) is 5.82 Å². The van der Waals surface area contributed by atoms with Crippen molar-refractivity contribution in [1.29, 1.82) is 0 Å². The summed E-state index contributed by atoms with van der Waals surface area (Å²) < 4.78 is 14.0. The first kappa shape index (κ1) is 21.4. The maximum atomic E-state index is 14.0. The number of carbonyl (C=O) groups excluding carboxylic acids is 1. The van der Waals surface area contributed by atoms with Gasteiger partial charge in [0.2, 0.25) is 0 Å². The highest BCUT2D eigenvalue weighted by atomic mass is 35.5. The summed E-state index contributed by atoms with van der Waals surface area (Å²) in [6.07, 6.45) is 4.66. The number of hydrogen-bond donors (Lipinski definition) is 2. The number of carbonyl (C=O) groups is 1. The number of fused-ring (bicyclic) bond motifs is 2. The van der Waals surface area contributed by atoms with E-state index in [0.717, 1.165) is 32.4 Å². The molecule has 0 saturated carbocycles. The Kier molecular flexibility index (Phi) is 7.41. The number of anilines is 2. The summed E-state index contributed by atoms with van der Waals surface area (Å²) in [4.78, 5) is 19.5. The smallest absolute Gasteiger partial charge is 0.258 e. The molecular formula is C19H23Cl2FN4O. The number of benzene rings is 1. The molecule has 27 heavy (non-hydrogen) atoms. The van der Waals surface area contributed by atoms with Crippen LogP contribution in [0.3, 0.4) is 0 Å². The van der Waals surface area contributed by atoms with Crippen molar-refractivity contribution in [2.45, 2.75) is 31.3 Å². The third-order valence-electron chi connectivity index (χ3n) is 5.05. The number of halogens is 3. The number of aromatic nitrogens is 1. The van der Waals surface area contributed by atoms with Gasteiger partial charge in [-0.1, -0.05) is 12.1 Å². The van der Waals surface area contributed by atoms with Crippen LogP contribution in [0.5, 0.6) is 0 Å². The molecular weight excluding hydrogens is 390 g/mol. The molecule has 5 nitrogen and oxygen atoms in total. The van der Waals surface area contributed by atoms with E-state index in [-0.39, 0.29) is 48.6 Å². The summed E-state index contributed by atoms with van der Waals surface area (Å²) >= 11 is 0. The number of hydrogen-bond acceptors (Lipinski definition) is 4. The molecule has 2 aliphatic heterocycles. The second-order valence-electron chi connectivity index (χ2n) is 6.59. The molecule has 2 unspecified atom stereocenters. The van der Waals surface area contributed by atoms with E-state index in [9.17, 15) is 9.18 Å². The monoisotopic (exact) mass is 412 g/mol. The minimum absolute atomic E-state index is 0. The summed E-state index contributed by atoms with van der Waals surface area (Å²) in [5, 5.41) is 6.38. The molecule has 3 heterocycles. The van der Waals surface area contributed by atoms with Crippen LogP contribution in [0.2, 0.25) is 0 Å². The van der Waals surface area contributed by atoms with Gasteiger partial charge in [0.05, 0.1) is 11.3 Å². The second kappa shape index (κ2) is 9.35. The Balaban J connectivity index is 0.00000131. The van der Waals surface area contributed by atoms with E-state index < -0.39 is 0 Å². The zero-order valence-corrected chi connectivity index (χ0v) is 16.4. The molecule has 4 rings (SSSR count). The molecule has 2 fully saturated rings. The quantitative estimate of drug-likeness (QED) is 0.805. The van der Waals surface area contributed by atoms with Crippen LogP contribution >= 0.6 is 24.8 Å². The largest absolute Gasteiger partial charge is 0.337 e. The number of nitrogens with zero attached hydrogens (tertiary/aromatic N) is 2. The summed E-state index contributed by atoms with van der Waals surface area (Å²) in [5.41, 5.74) is 0.806. The van der Waals surface area contributed by atoms with Crippen LogP contribution in [0.1, 0.15) is 29.6 Å². The van der Waals surface area contributed by atoms with Crippen LogP contribution in [0.25, 0.3) is 0 Å². The van der Waals surface area contributed by atoms with Gasteiger partial charge in [-0.05, 0) is 50.1 Å². The van der Waals surface area contributed by atoms with Crippen molar-refractivity contribution in [3.8, 4) is 0 Å². The summed E-state index contributed by atoms with van der Waals surface area (Å²) in [6, 6.07) is 10.4. The Morgan fingerprint density at radius 2 is 1.89 bits per heavy atom. The molecule has 2 bridgehead atoms. The van der Waals surface area contributed by atoms with E-state index >= 15 is 0 Å². The van der Waals surface area contributed by atoms with Crippen molar-refractivity contribution in [3.05, 3.63) is 54.0 Å². The molecule has 1 aromatic heterocycles. The molecule has 2 aromatic rings. The fraction of sp³-hybridized carbons (Fsp3) is 0.368.